The van der Waals surface area contributed by atoms with E-state index in [0.717, 1.165) is 32.3 Å². The number of nitrogens with one attached hydrogen (secondary N) is 1. The summed E-state index contributed by atoms with van der Waals surface area (Å²) in [6.45, 7) is 4.76. The number of likely N-dealkylation sites (tertiary alicyclic amines) is 1. The van der Waals surface area contributed by atoms with Crippen LogP contribution in [0, 0.1) is 0 Å². The first-order chi connectivity index (χ1) is 13.5. The number of nitrogens with zero attached hydrogens (tertiary/aromatic N) is 2. The molecule has 0 bridgehead atoms. The lowest BCUT2D eigenvalue weighted by molar-refractivity contribution is -0.139. The standard InChI is InChI=1S/C21H31N3O4/c1-2-23(15-20(25)26)18-11-17(12-18)22-21(27)24-13-19(14-24)28-10-6-9-16-7-4-3-5-8-16/h3-5,7-8,17-19H,2,6,9-15H2,1H3,(H,22,27)(H,25,26). The highest BCUT2D eigenvalue weighted by molar-refractivity contribution is 5.75. The smallest absolute Gasteiger partial charge is 0.317 e. The molecular weight excluding hydrogens is 358 g/mol. The van der Waals surface area contributed by atoms with Crippen LogP contribution in [0.3, 0.4) is 0 Å². The number of carboxylic acids is 1. The number of carboxylic acid groups (broad SMARTS) is 1. The van der Waals surface area contributed by atoms with Crippen LogP contribution in [0.2, 0.25) is 0 Å². The predicted molar refractivity (Wildman–Crippen MR) is 106 cm³/mol. The molecule has 0 radical (unpaired) electrons. The van der Waals surface area contributed by atoms with Gasteiger partial charge >= 0.3 is 12.0 Å². The maximum absolute atomic E-state index is 12.3. The normalized spacial score (nSPS) is 21.9. The van der Waals surface area contributed by atoms with Gasteiger partial charge in [-0.2, -0.15) is 0 Å². The number of aryl methyl sites for hydroxylation is 1. The number of urea groups is 1. The Morgan fingerprint density at radius 2 is 1.96 bits per heavy atom. The maximum Gasteiger partial charge on any atom is 0.317 e. The second kappa shape index (κ2) is 9.89. The van der Waals surface area contributed by atoms with Gasteiger partial charge in [0.05, 0.1) is 25.7 Å². The van der Waals surface area contributed by atoms with Gasteiger partial charge in [-0.25, -0.2) is 4.79 Å². The van der Waals surface area contributed by atoms with E-state index in [1.54, 1.807) is 4.90 Å². The van der Waals surface area contributed by atoms with Crippen molar-refractivity contribution in [2.24, 2.45) is 0 Å². The van der Waals surface area contributed by atoms with Gasteiger partial charge in [0.1, 0.15) is 0 Å². The van der Waals surface area contributed by atoms with Gasteiger partial charge in [0.25, 0.3) is 0 Å². The van der Waals surface area contributed by atoms with E-state index in [1.807, 2.05) is 17.9 Å². The largest absolute Gasteiger partial charge is 0.480 e. The van der Waals surface area contributed by atoms with E-state index >= 15 is 0 Å². The molecule has 1 heterocycles. The van der Waals surface area contributed by atoms with Crippen molar-refractivity contribution in [1.29, 1.82) is 0 Å². The van der Waals surface area contributed by atoms with Crippen LogP contribution in [-0.4, -0.2) is 77.9 Å². The number of benzene rings is 1. The Kier molecular flexibility index (Phi) is 7.28. The van der Waals surface area contributed by atoms with Crippen molar-refractivity contribution in [3.05, 3.63) is 35.9 Å². The van der Waals surface area contributed by atoms with Gasteiger partial charge in [0, 0.05) is 18.7 Å². The fourth-order valence-corrected chi connectivity index (χ4v) is 3.82. The molecule has 2 N–H and O–H groups in total. The third-order valence-corrected chi connectivity index (χ3v) is 5.64. The summed E-state index contributed by atoms with van der Waals surface area (Å²) in [5.74, 6) is -0.801. The summed E-state index contributed by atoms with van der Waals surface area (Å²) < 4.78 is 5.84. The molecule has 0 atom stereocenters. The van der Waals surface area contributed by atoms with E-state index in [2.05, 4.69) is 29.6 Å². The molecule has 28 heavy (non-hydrogen) atoms. The van der Waals surface area contributed by atoms with Crippen molar-refractivity contribution in [2.45, 2.75) is 50.8 Å². The number of hydrogen-bond acceptors (Lipinski definition) is 4. The Balaban J connectivity index is 1.24. The summed E-state index contributed by atoms with van der Waals surface area (Å²) in [5.41, 5.74) is 1.32. The molecule has 7 heteroatoms. The molecule has 1 saturated carbocycles. The fourth-order valence-electron chi connectivity index (χ4n) is 3.82. The lowest BCUT2D eigenvalue weighted by Gasteiger charge is -2.44. The average Bonchev–Trinajstić information content (AvgIpc) is 2.61. The first-order valence-electron chi connectivity index (χ1n) is 10.2. The third-order valence-electron chi connectivity index (χ3n) is 5.64. The molecular formula is C21H31N3O4. The molecule has 3 rings (SSSR count). The van der Waals surface area contributed by atoms with Crippen LogP contribution >= 0.6 is 0 Å². The Morgan fingerprint density at radius 3 is 2.61 bits per heavy atom. The summed E-state index contributed by atoms with van der Waals surface area (Å²) in [6.07, 6.45) is 3.78. The minimum Gasteiger partial charge on any atom is -0.480 e. The Hall–Kier alpha value is -2.12. The van der Waals surface area contributed by atoms with Gasteiger partial charge in [-0.3, -0.25) is 9.69 Å². The van der Waals surface area contributed by atoms with Crippen LogP contribution in [-0.2, 0) is 16.0 Å². The van der Waals surface area contributed by atoms with Crippen molar-refractivity contribution >= 4 is 12.0 Å². The SMILES string of the molecule is CCN(CC(=O)O)C1CC(NC(=O)N2CC(OCCCc3ccccc3)C2)C1. The zero-order valence-corrected chi connectivity index (χ0v) is 16.5. The molecule has 0 unspecified atom stereocenters. The van der Waals surface area contributed by atoms with Crippen LogP contribution < -0.4 is 5.32 Å². The average molecular weight is 389 g/mol. The van der Waals surface area contributed by atoms with Crippen LogP contribution in [0.15, 0.2) is 30.3 Å². The van der Waals surface area contributed by atoms with Crippen molar-refractivity contribution in [3.63, 3.8) is 0 Å². The van der Waals surface area contributed by atoms with Crippen molar-refractivity contribution < 1.29 is 19.4 Å². The summed E-state index contributed by atoms with van der Waals surface area (Å²) in [5, 5.41) is 12.0. The summed E-state index contributed by atoms with van der Waals surface area (Å²) in [6, 6.07) is 10.7. The van der Waals surface area contributed by atoms with E-state index < -0.39 is 5.97 Å². The monoisotopic (exact) mass is 389 g/mol. The fraction of sp³-hybridized carbons (Fsp3) is 0.619. The molecule has 1 aliphatic carbocycles. The maximum atomic E-state index is 12.3. The second-order valence-electron chi connectivity index (χ2n) is 7.72. The van der Waals surface area contributed by atoms with Crippen molar-refractivity contribution in [2.75, 3.05) is 32.8 Å². The number of amides is 2. The van der Waals surface area contributed by atoms with E-state index in [1.165, 1.54) is 5.56 Å². The molecule has 0 aromatic heterocycles. The summed E-state index contributed by atoms with van der Waals surface area (Å²) in [7, 11) is 0. The zero-order chi connectivity index (χ0) is 19.9. The van der Waals surface area contributed by atoms with Gasteiger partial charge in [-0.15, -0.1) is 0 Å². The van der Waals surface area contributed by atoms with E-state index in [0.29, 0.717) is 19.6 Å². The predicted octanol–water partition coefficient (Wildman–Crippen LogP) is 1.97. The van der Waals surface area contributed by atoms with Crippen LogP contribution in [0.4, 0.5) is 4.79 Å². The minimum atomic E-state index is -0.801. The van der Waals surface area contributed by atoms with Gasteiger partial charge in [0.2, 0.25) is 0 Å². The highest BCUT2D eigenvalue weighted by Gasteiger charge is 2.37. The minimum absolute atomic E-state index is 0.0335. The Bertz CT molecular complexity index is 642. The first kappa shape index (κ1) is 20.6. The highest BCUT2D eigenvalue weighted by atomic mass is 16.5. The Labute approximate surface area is 166 Å². The molecule has 1 aromatic rings. The van der Waals surface area contributed by atoms with E-state index in [9.17, 15) is 9.59 Å². The number of rotatable bonds is 10. The molecule has 154 valence electrons. The van der Waals surface area contributed by atoms with Crippen LogP contribution in [0.1, 0.15) is 31.7 Å². The van der Waals surface area contributed by atoms with Gasteiger partial charge in [0.15, 0.2) is 0 Å². The molecule has 0 spiro atoms. The summed E-state index contributed by atoms with van der Waals surface area (Å²) >= 11 is 0. The number of aliphatic carboxylic acids is 1. The van der Waals surface area contributed by atoms with Crippen LogP contribution in [0.25, 0.3) is 0 Å². The quantitative estimate of drug-likeness (QED) is 0.598. The molecule has 1 aliphatic heterocycles. The number of likely N-dealkylation sites (N-methyl/N-ethyl adjacent to an activating group) is 1. The summed E-state index contributed by atoms with van der Waals surface area (Å²) in [4.78, 5) is 26.9. The number of ether oxygens (including phenoxy) is 1. The van der Waals surface area contributed by atoms with Crippen LogP contribution in [0.5, 0.6) is 0 Å². The topological polar surface area (TPSA) is 82.1 Å². The van der Waals surface area contributed by atoms with E-state index in [4.69, 9.17) is 9.84 Å². The van der Waals surface area contributed by atoms with Crippen molar-refractivity contribution in [3.8, 4) is 0 Å². The Morgan fingerprint density at radius 1 is 1.25 bits per heavy atom. The lowest BCUT2D eigenvalue weighted by Crippen LogP contribution is -2.62. The van der Waals surface area contributed by atoms with Gasteiger partial charge in [-0.05, 0) is 37.8 Å². The number of carbonyl (C=O) groups is 2. The molecule has 2 amide bonds. The molecule has 1 aromatic carbocycles. The van der Waals surface area contributed by atoms with Gasteiger partial charge in [-0.1, -0.05) is 37.3 Å². The third kappa shape index (κ3) is 5.69. The molecule has 2 aliphatic rings. The van der Waals surface area contributed by atoms with Crippen molar-refractivity contribution in [1.82, 2.24) is 15.1 Å². The molecule has 7 nitrogen and oxygen atoms in total. The second-order valence-corrected chi connectivity index (χ2v) is 7.72. The lowest BCUT2D eigenvalue weighted by atomic mass is 9.85. The molecule has 1 saturated heterocycles. The highest BCUT2D eigenvalue weighted by Crippen LogP contribution is 2.26. The van der Waals surface area contributed by atoms with Gasteiger partial charge < -0.3 is 20.1 Å². The molecule has 2 fully saturated rings. The van der Waals surface area contributed by atoms with E-state index in [-0.39, 0.29) is 30.8 Å². The first-order valence-corrected chi connectivity index (χ1v) is 10.2. The number of hydrogen-bond donors (Lipinski definition) is 2. The zero-order valence-electron chi connectivity index (χ0n) is 16.5. The number of carbonyl (C=O) groups excluding carboxylic acids is 1.